The lowest BCUT2D eigenvalue weighted by Crippen LogP contribution is -2.48. The zero-order valence-corrected chi connectivity index (χ0v) is 50.6. The Balaban J connectivity index is 0.923. The smallest absolute Gasteiger partial charge is 0.316 e. The number of amides is 3. The molecule has 3 aromatic heterocycles. The summed E-state index contributed by atoms with van der Waals surface area (Å²) in [6, 6.07) is 8.73. The van der Waals surface area contributed by atoms with Crippen molar-refractivity contribution in [1.82, 2.24) is 39.4 Å². The van der Waals surface area contributed by atoms with Gasteiger partial charge in [-0.2, -0.15) is 55.2 Å². The SMILES string of the molecule is CCn1c(O)c(C(N)=O)c(C)c(NNc2cc(SOOO)c(Nc3nc(Cl)nc(N4CCN(CCNc5nc(Cl)nc(Nc6ccc(N=Nc7cc8c(SOOO)cc(S(=O)(=O)O)cc8cc7S(=O)(=O)O)c(NC(N)=O)c6)n5)CC4)n3)cc2S(=O)(=O)O)c1=O. The third-order valence-corrected chi connectivity index (χ3v) is 16.6. The summed E-state index contributed by atoms with van der Waals surface area (Å²) >= 11 is 13.2. The Hall–Kier alpha value is -8.22. The Bertz CT molecular complexity index is 4370. The molecule has 38 nitrogen and oxygen atoms in total. The molecule has 0 atom stereocenters. The Kier molecular flexibility index (Phi) is 21.1. The van der Waals surface area contributed by atoms with Crippen LogP contribution in [-0.4, -0.2) is 145 Å². The fourth-order valence-corrected chi connectivity index (χ4v) is 11.7. The minimum atomic E-state index is -5.10. The molecule has 1 fully saturated rings. The van der Waals surface area contributed by atoms with Crippen LogP contribution in [0.15, 0.2) is 94.1 Å². The van der Waals surface area contributed by atoms with Gasteiger partial charge in [0.1, 0.15) is 32.4 Å². The van der Waals surface area contributed by atoms with Gasteiger partial charge in [-0.3, -0.25) is 43.6 Å². The number of primary amides is 2. The maximum absolute atomic E-state index is 13.3. The van der Waals surface area contributed by atoms with E-state index in [1.807, 2.05) is 0 Å². The standard InChI is InChI=1S/C44H45Cl2N19O19S5/c1-3-65-36(67)33(35(47)66)19(2)34(37(65)68)62-61-28-17-30(86-84-82-71)26(18-32(28)89(78,79)80)52-43-55-39(46)56-44(58-43)64-10-8-63(9-11-64)7-6-49-41-53-38(45)54-42(57-41)50-21-4-5-24(25(14-21)51-40(48)69)59-60-27-16-23-20(13-31(27)88(75,76)77)12-22(87(72,73)74)15-29(23)85-83-81-70/h4-5,12-18,61-62,67,70-71H,3,6-11H2,1-2H3,(H2,47,66)(H3,48,51,69)(H,72,73,74)(H,75,76,77)(H,78,79,80)(H,52,55,56,58)(H2,49,50,53,54,57). The zero-order chi connectivity index (χ0) is 64.7. The summed E-state index contributed by atoms with van der Waals surface area (Å²) in [6.45, 7) is 5.12. The van der Waals surface area contributed by atoms with Gasteiger partial charge in [-0.1, -0.05) is 10.1 Å². The molecular formula is C44H45Cl2N19O19S5. The van der Waals surface area contributed by atoms with Gasteiger partial charge in [0.05, 0.1) is 50.9 Å². The number of fused-ring (bicyclic) bond motifs is 1. The number of nitrogens with one attached hydrogen (secondary N) is 6. The largest absolute Gasteiger partial charge is 0.494 e. The number of azo groups is 1. The van der Waals surface area contributed by atoms with E-state index in [-0.39, 0.29) is 114 Å². The van der Waals surface area contributed by atoms with Crippen molar-refractivity contribution in [1.29, 1.82) is 0 Å². The van der Waals surface area contributed by atoms with Gasteiger partial charge in [0, 0.05) is 61.8 Å². The molecule has 0 aliphatic carbocycles. The number of rotatable bonds is 26. The monoisotopic (exact) mass is 1370 g/mol. The fourth-order valence-electron chi connectivity index (χ4n) is 8.46. The van der Waals surface area contributed by atoms with Gasteiger partial charge < -0.3 is 42.7 Å². The summed E-state index contributed by atoms with van der Waals surface area (Å²) in [6.07, 6.45) is 0. The van der Waals surface area contributed by atoms with Gasteiger partial charge in [0.25, 0.3) is 41.8 Å². The van der Waals surface area contributed by atoms with Crippen molar-refractivity contribution < 1.29 is 82.9 Å². The lowest BCUT2D eigenvalue weighted by atomic mass is 10.1. The lowest BCUT2D eigenvalue weighted by molar-refractivity contribution is -0.432. The highest BCUT2D eigenvalue weighted by molar-refractivity contribution is 7.95. The highest BCUT2D eigenvalue weighted by atomic mass is 35.5. The van der Waals surface area contributed by atoms with Gasteiger partial charge in [-0.25, -0.2) is 15.3 Å². The number of carbonyl (C=O) groups excluding carboxylic acids is 2. The van der Waals surface area contributed by atoms with E-state index in [0.717, 1.165) is 41.0 Å². The first-order chi connectivity index (χ1) is 42.0. The van der Waals surface area contributed by atoms with E-state index >= 15 is 0 Å². The minimum Gasteiger partial charge on any atom is -0.494 e. The fraction of sp³-hybridized carbons (Fsp3) is 0.205. The van der Waals surface area contributed by atoms with E-state index < -0.39 is 85.4 Å². The Morgan fingerprint density at radius 3 is 1.99 bits per heavy atom. The summed E-state index contributed by atoms with van der Waals surface area (Å²) < 4.78 is 115. The molecular weight excluding hydrogens is 1330 g/mol. The highest BCUT2D eigenvalue weighted by Crippen LogP contribution is 2.41. The van der Waals surface area contributed by atoms with E-state index in [4.69, 9.17) is 45.2 Å². The number of pyridine rings is 1. The second kappa shape index (κ2) is 28.1. The second-order valence-electron chi connectivity index (χ2n) is 18.0. The molecule has 89 heavy (non-hydrogen) atoms. The molecule has 0 radical (unpaired) electrons. The average molecular weight is 1380 g/mol. The van der Waals surface area contributed by atoms with Crippen molar-refractivity contribution in [3.63, 3.8) is 0 Å². The van der Waals surface area contributed by atoms with Crippen LogP contribution in [0.5, 0.6) is 5.88 Å². The molecule has 4 heterocycles. The van der Waals surface area contributed by atoms with E-state index in [0.29, 0.717) is 44.8 Å². The van der Waals surface area contributed by atoms with Gasteiger partial charge in [-0.15, -0.1) is 18.9 Å². The number of hydrogen-bond acceptors (Lipinski definition) is 33. The molecule has 474 valence electrons. The van der Waals surface area contributed by atoms with Crippen molar-refractivity contribution in [2.75, 3.05) is 76.3 Å². The summed E-state index contributed by atoms with van der Waals surface area (Å²) in [4.78, 5) is 64.3. The lowest BCUT2D eigenvalue weighted by Gasteiger charge is -2.34. The number of nitrogens with two attached hydrogens (primary N) is 2. The molecule has 16 N–H and O–H groups in total. The highest BCUT2D eigenvalue weighted by Gasteiger charge is 2.27. The molecule has 0 bridgehead atoms. The predicted molar refractivity (Wildman–Crippen MR) is 317 cm³/mol. The van der Waals surface area contributed by atoms with Crippen LogP contribution in [0, 0.1) is 6.92 Å². The molecule has 1 aliphatic rings. The Morgan fingerprint density at radius 1 is 0.719 bits per heavy atom. The first-order valence-corrected chi connectivity index (χ1v) is 31.1. The number of nitrogens with zero attached hydrogens (tertiary/aromatic N) is 11. The van der Waals surface area contributed by atoms with Gasteiger partial charge in [-0.05, 0) is 103 Å². The summed E-state index contributed by atoms with van der Waals surface area (Å²) in [7, 11) is -15.1. The quantitative estimate of drug-likeness (QED) is 0.0105. The molecule has 1 saturated heterocycles. The third-order valence-electron chi connectivity index (χ3n) is 12.4. The van der Waals surface area contributed by atoms with Crippen LogP contribution in [0.3, 0.4) is 0 Å². The molecule has 0 saturated carbocycles. The molecule has 7 aromatic rings. The Labute approximate surface area is 518 Å². The van der Waals surface area contributed by atoms with Crippen molar-refractivity contribution in [3.05, 3.63) is 86.6 Å². The number of aromatic nitrogens is 7. The zero-order valence-electron chi connectivity index (χ0n) is 45.0. The maximum atomic E-state index is 13.3. The van der Waals surface area contributed by atoms with E-state index in [2.05, 4.69) is 95.9 Å². The number of urea groups is 1. The van der Waals surface area contributed by atoms with Crippen LogP contribution >= 0.6 is 47.3 Å². The van der Waals surface area contributed by atoms with Crippen LogP contribution in [-0.2, 0) is 55.6 Å². The molecule has 0 unspecified atom stereocenters. The van der Waals surface area contributed by atoms with Gasteiger partial charge in [0.2, 0.25) is 40.2 Å². The van der Waals surface area contributed by atoms with Crippen molar-refractivity contribution in [2.24, 2.45) is 21.7 Å². The first-order valence-electron chi connectivity index (χ1n) is 24.6. The number of piperazine rings is 1. The van der Waals surface area contributed by atoms with E-state index in [1.54, 1.807) is 4.90 Å². The molecule has 4 aromatic carbocycles. The van der Waals surface area contributed by atoms with Crippen LogP contribution in [0.2, 0.25) is 10.6 Å². The number of aromatic hydroxyl groups is 1. The topological polar surface area (TPSA) is 550 Å². The summed E-state index contributed by atoms with van der Waals surface area (Å²) in [5.41, 5.74) is 13.2. The molecule has 8 rings (SSSR count). The third kappa shape index (κ3) is 16.5. The number of hydrogen-bond donors (Lipinski definition) is 14. The molecule has 1 aliphatic heterocycles. The number of halogens is 2. The molecule has 0 spiro atoms. The summed E-state index contributed by atoms with van der Waals surface area (Å²) in [5.74, 6) is -1.89. The van der Waals surface area contributed by atoms with Crippen LogP contribution < -0.4 is 54.0 Å². The predicted octanol–water partition coefficient (Wildman–Crippen LogP) is 5.47. The number of hydrazine groups is 1. The minimum absolute atomic E-state index is 0.0212. The first kappa shape index (κ1) is 66.7. The van der Waals surface area contributed by atoms with Crippen LogP contribution in [0.1, 0.15) is 22.8 Å². The number of carbonyl (C=O) groups is 2. The Morgan fingerprint density at radius 2 is 1.36 bits per heavy atom. The maximum Gasteiger partial charge on any atom is 0.316 e. The number of anilines is 9. The second-order valence-corrected chi connectivity index (χ2v) is 24.3. The van der Waals surface area contributed by atoms with Crippen molar-refractivity contribution in [3.8, 4) is 5.88 Å². The number of benzene rings is 4. The summed E-state index contributed by atoms with van der Waals surface area (Å²) in [5, 5.41) is 54.1. The van der Waals surface area contributed by atoms with Crippen LogP contribution in [0.4, 0.5) is 68.4 Å². The molecule has 3 amide bonds. The molecule has 45 heteroatoms. The normalized spacial score (nSPS) is 13.2. The van der Waals surface area contributed by atoms with Crippen molar-refractivity contribution in [2.45, 2.75) is 44.9 Å². The van der Waals surface area contributed by atoms with Gasteiger partial charge >= 0.3 is 6.03 Å². The van der Waals surface area contributed by atoms with E-state index in [9.17, 15) is 58.4 Å². The van der Waals surface area contributed by atoms with Crippen LogP contribution in [0.25, 0.3) is 10.8 Å². The van der Waals surface area contributed by atoms with Gasteiger partial charge in [0.15, 0.2) is 0 Å². The van der Waals surface area contributed by atoms with Crippen molar-refractivity contribution >= 4 is 164 Å². The van der Waals surface area contributed by atoms with E-state index in [1.165, 1.54) is 32.0 Å². The average Bonchev–Trinajstić information content (AvgIpc) is 1.41.